The van der Waals surface area contributed by atoms with E-state index >= 15 is 0 Å². The summed E-state index contributed by atoms with van der Waals surface area (Å²) in [6.07, 6.45) is 1.89. The van der Waals surface area contributed by atoms with Crippen LogP contribution >= 0.6 is 15.9 Å². The fourth-order valence-corrected chi connectivity index (χ4v) is 2.60. The smallest absolute Gasteiger partial charge is 0.243 e. The van der Waals surface area contributed by atoms with Crippen molar-refractivity contribution in [2.45, 2.75) is 13.8 Å². The van der Waals surface area contributed by atoms with Crippen molar-refractivity contribution in [3.63, 3.8) is 0 Å². The van der Waals surface area contributed by atoms with E-state index in [0.717, 1.165) is 23.2 Å². The maximum Gasteiger partial charge on any atom is 0.243 e. The van der Waals surface area contributed by atoms with Crippen LogP contribution in [0.5, 0.6) is 0 Å². The van der Waals surface area contributed by atoms with Gasteiger partial charge in [-0.05, 0) is 47.6 Å². The summed E-state index contributed by atoms with van der Waals surface area (Å²) in [6.45, 7) is 6.30. The SMILES string of the molecule is CN(C)CC(C)(C)CNc1nc2c(Br)cccn2n1. The minimum Gasteiger partial charge on any atom is -0.352 e. The van der Waals surface area contributed by atoms with Gasteiger partial charge in [0.2, 0.25) is 5.95 Å². The molecule has 0 saturated carbocycles. The van der Waals surface area contributed by atoms with Crippen LogP contribution in [0.2, 0.25) is 0 Å². The third kappa shape index (κ3) is 3.67. The Bertz CT molecular complexity index is 561. The number of hydrogen-bond donors (Lipinski definition) is 1. The van der Waals surface area contributed by atoms with Gasteiger partial charge in [0.25, 0.3) is 0 Å². The van der Waals surface area contributed by atoms with Crippen molar-refractivity contribution in [3.8, 4) is 0 Å². The zero-order valence-electron chi connectivity index (χ0n) is 11.8. The van der Waals surface area contributed by atoms with Crippen molar-refractivity contribution in [1.29, 1.82) is 0 Å². The maximum atomic E-state index is 4.47. The number of halogens is 1. The summed E-state index contributed by atoms with van der Waals surface area (Å²) < 4.78 is 2.72. The highest BCUT2D eigenvalue weighted by atomic mass is 79.9. The fourth-order valence-electron chi connectivity index (χ4n) is 2.18. The fraction of sp³-hybridized carbons (Fsp3) is 0.538. The van der Waals surface area contributed by atoms with Gasteiger partial charge in [0.1, 0.15) is 0 Å². The standard InChI is InChI=1S/C13H20BrN5/c1-13(2,9-18(3)4)8-15-12-16-11-10(14)6-5-7-19(11)17-12/h5-7H,8-9H2,1-4H3,(H,15,17). The van der Waals surface area contributed by atoms with Gasteiger partial charge in [-0.1, -0.05) is 13.8 Å². The number of anilines is 1. The molecule has 0 bridgehead atoms. The summed E-state index contributed by atoms with van der Waals surface area (Å²) in [5, 5.41) is 7.72. The molecule has 2 aromatic heterocycles. The van der Waals surface area contributed by atoms with E-state index in [1.54, 1.807) is 4.52 Å². The molecule has 0 aromatic carbocycles. The van der Waals surface area contributed by atoms with Gasteiger partial charge in [0.15, 0.2) is 5.65 Å². The number of nitrogens with one attached hydrogen (secondary N) is 1. The molecule has 0 spiro atoms. The molecule has 0 unspecified atom stereocenters. The normalized spacial score (nSPS) is 12.3. The zero-order chi connectivity index (χ0) is 14.0. The number of rotatable bonds is 5. The topological polar surface area (TPSA) is 45.5 Å². The van der Waals surface area contributed by atoms with E-state index in [0.29, 0.717) is 5.95 Å². The van der Waals surface area contributed by atoms with E-state index in [2.05, 4.69) is 64.2 Å². The molecule has 0 aliphatic carbocycles. The van der Waals surface area contributed by atoms with Crippen molar-refractivity contribution in [2.75, 3.05) is 32.5 Å². The predicted molar refractivity (Wildman–Crippen MR) is 81.5 cm³/mol. The van der Waals surface area contributed by atoms with E-state index < -0.39 is 0 Å². The first-order chi connectivity index (χ1) is 8.87. The van der Waals surface area contributed by atoms with E-state index in [9.17, 15) is 0 Å². The second kappa shape index (κ2) is 5.46. The Hall–Kier alpha value is -1.14. The summed E-state index contributed by atoms with van der Waals surface area (Å²) in [5.74, 6) is 0.665. The average Bonchev–Trinajstić information content (AvgIpc) is 2.69. The molecule has 6 heteroatoms. The third-order valence-corrected chi connectivity index (χ3v) is 3.40. The molecule has 2 heterocycles. The molecular formula is C13H20BrN5. The summed E-state index contributed by atoms with van der Waals surface area (Å²) >= 11 is 3.48. The van der Waals surface area contributed by atoms with Crippen LogP contribution < -0.4 is 5.32 Å². The van der Waals surface area contributed by atoms with Crippen LogP contribution in [0.15, 0.2) is 22.8 Å². The molecule has 0 amide bonds. The number of aromatic nitrogens is 3. The van der Waals surface area contributed by atoms with Crippen LogP contribution in [0.4, 0.5) is 5.95 Å². The Morgan fingerprint density at radius 2 is 2.16 bits per heavy atom. The van der Waals surface area contributed by atoms with Crippen molar-refractivity contribution >= 4 is 27.5 Å². The van der Waals surface area contributed by atoms with E-state index in [4.69, 9.17) is 0 Å². The number of nitrogens with zero attached hydrogens (tertiary/aromatic N) is 4. The van der Waals surface area contributed by atoms with Gasteiger partial charge < -0.3 is 10.2 Å². The Kier molecular flexibility index (Phi) is 4.10. The molecule has 104 valence electrons. The first-order valence-corrected chi connectivity index (χ1v) is 7.06. The van der Waals surface area contributed by atoms with Gasteiger partial charge in [0, 0.05) is 19.3 Å². The summed E-state index contributed by atoms with van der Waals surface area (Å²) in [7, 11) is 4.17. The summed E-state index contributed by atoms with van der Waals surface area (Å²) in [6, 6.07) is 3.90. The van der Waals surface area contributed by atoms with Crippen molar-refractivity contribution in [2.24, 2.45) is 5.41 Å². The predicted octanol–water partition coefficient (Wildman–Crippen LogP) is 2.49. The van der Waals surface area contributed by atoms with Gasteiger partial charge in [-0.3, -0.25) is 0 Å². The minimum atomic E-state index is 0.165. The Morgan fingerprint density at radius 1 is 1.42 bits per heavy atom. The lowest BCUT2D eigenvalue weighted by atomic mass is 9.93. The maximum absolute atomic E-state index is 4.47. The van der Waals surface area contributed by atoms with Crippen molar-refractivity contribution in [3.05, 3.63) is 22.8 Å². The van der Waals surface area contributed by atoms with Gasteiger partial charge in [-0.15, -0.1) is 5.10 Å². The number of hydrogen-bond acceptors (Lipinski definition) is 4. The largest absolute Gasteiger partial charge is 0.352 e. The van der Waals surface area contributed by atoms with E-state index in [1.807, 2.05) is 18.3 Å². The van der Waals surface area contributed by atoms with Gasteiger partial charge in [-0.2, -0.15) is 4.98 Å². The number of pyridine rings is 1. The lowest BCUT2D eigenvalue weighted by molar-refractivity contribution is 0.254. The van der Waals surface area contributed by atoms with Crippen LogP contribution in [0, 0.1) is 5.41 Å². The van der Waals surface area contributed by atoms with Gasteiger partial charge >= 0.3 is 0 Å². The molecule has 2 rings (SSSR count). The van der Waals surface area contributed by atoms with Crippen molar-refractivity contribution in [1.82, 2.24) is 19.5 Å². The third-order valence-electron chi connectivity index (χ3n) is 2.78. The molecule has 0 aliphatic heterocycles. The minimum absolute atomic E-state index is 0.165. The lowest BCUT2D eigenvalue weighted by Gasteiger charge is -2.28. The highest BCUT2D eigenvalue weighted by molar-refractivity contribution is 9.10. The quantitative estimate of drug-likeness (QED) is 0.917. The molecular weight excluding hydrogens is 306 g/mol. The molecule has 0 radical (unpaired) electrons. The van der Waals surface area contributed by atoms with Gasteiger partial charge in [-0.25, -0.2) is 4.52 Å². The van der Waals surface area contributed by atoms with Crippen LogP contribution in [-0.2, 0) is 0 Å². The molecule has 0 saturated heterocycles. The Labute approximate surface area is 122 Å². The van der Waals surface area contributed by atoms with E-state index in [1.165, 1.54) is 0 Å². The molecule has 19 heavy (non-hydrogen) atoms. The zero-order valence-corrected chi connectivity index (χ0v) is 13.4. The van der Waals surface area contributed by atoms with Crippen LogP contribution in [0.3, 0.4) is 0 Å². The van der Waals surface area contributed by atoms with Gasteiger partial charge in [0.05, 0.1) is 4.47 Å². The Balaban J connectivity index is 2.08. The van der Waals surface area contributed by atoms with E-state index in [-0.39, 0.29) is 5.41 Å². The molecule has 1 N–H and O–H groups in total. The lowest BCUT2D eigenvalue weighted by Crippen LogP contribution is -2.34. The van der Waals surface area contributed by atoms with Crippen LogP contribution in [0.1, 0.15) is 13.8 Å². The van der Waals surface area contributed by atoms with Crippen molar-refractivity contribution < 1.29 is 0 Å². The molecule has 2 aromatic rings. The first kappa shape index (κ1) is 14.3. The Morgan fingerprint density at radius 3 is 2.79 bits per heavy atom. The number of fused-ring (bicyclic) bond motifs is 1. The second-order valence-corrected chi connectivity index (χ2v) is 6.67. The second-order valence-electron chi connectivity index (χ2n) is 5.82. The summed E-state index contributed by atoms with van der Waals surface area (Å²) in [4.78, 5) is 6.66. The molecule has 0 atom stereocenters. The summed E-state index contributed by atoms with van der Waals surface area (Å²) in [5.41, 5.74) is 0.994. The highest BCUT2D eigenvalue weighted by Gasteiger charge is 2.19. The highest BCUT2D eigenvalue weighted by Crippen LogP contribution is 2.19. The van der Waals surface area contributed by atoms with Crippen LogP contribution in [0.25, 0.3) is 5.65 Å². The monoisotopic (exact) mass is 325 g/mol. The average molecular weight is 326 g/mol. The van der Waals surface area contributed by atoms with Crippen LogP contribution in [-0.4, -0.2) is 46.7 Å². The molecule has 5 nitrogen and oxygen atoms in total. The molecule has 0 fully saturated rings. The first-order valence-electron chi connectivity index (χ1n) is 6.27. The molecule has 0 aliphatic rings.